The van der Waals surface area contributed by atoms with Gasteiger partial charge in [-0.1, -0.05) is 30.3 Å². The van der Waals surface area contributed by atoms with Gasteiger partial charge >= 0.3 is 0 Å². The summed E-state index contributed by atoms with van der Waals surface area (Å²) in [5.41, 5.74) is 7.26. The highest BCUT2D eigenvalue weighted by Crippen LogP contribution is 2.35. The lowest BCUT2D eigenvalue weighted by Gasteiger charge is -2.24. The van der Waals surface area contributed by atoms with Gasteiger partial charge in [-0.2, -0.15) is 13.2 Å². The zero-order valence-corrected chi connectivity index (χ0v) is 18.6. The van der Waals surface area contributed by atoms with Gasteiger partial charge in [0.15, 0.2) is 11.6 Å². The normalized spacial score (nSPS) is 13.5. The van der Waals surface area contributed by atoms with Gasteiger partial charge in [-0.05, 0) is 35.6 Å². The van der Waals surface area contributed by atoms with Crippen LogP contribution in [0, 0.1) is 5.82 Å². The monoisotopic (exact) mass is 470 g/mol. The Morgan fingerprint density at radius 1 is 1.09 bits per heavy atom. The van der Waals surface area contributed by atoms with E-state index in [2.05, 4.69) is 20.3 Å². The van der Waals surface area contributed by atoms with E-state index < -0.39 is 17.6 Å². The van der Waals surface area contributed by atoms with Gasteiger partial charge in [-0.3, -0.25) is 9.78 Å². The molecule has 1 aliphatic carbocycles. The molecule has 10 heteroatoms. The van der Waals surface area contributed by atoms with Gasteiger partial charge in [-0.15, -0.1) is 0 Å². The van der Waals surface area contributed by atoms with Crippen molar-refractivity contribution >= 4 is 17.5 Å². The lowest BCUT2D eigenvalue weighted by Crippen LogP contribution is -2.28. The van der Waals surface area contributed by atoms with Crippen LogP contribution in [0.25, 0.3) is 0 Å². The molecule has 3 N–H and O–H groups in total. The zero-order chi connectivity index (χ0) is 24.3. The molecule has 0 unspecified atom stereocenters. The fraction of sp³-hybridized carbons (Fsp3) is 0.333. The first-order chi connectivity index (χ1) is 16.2. The molecule has 0 spiro atoms. The number of pyridine rings is 1. The van der Waals surface area contributed by atoms with Crippen molar-refractivity contribution in [3.63, 3.8) is 0 Å². The minimum absolute atomic E-state index is 0.0657. The molecule has 1 fully saturated rings. The molecule has 178 valence electrons. The third-order valence-corrected chi connectivity index (χ3v) is 5.52. The van der Waals surface area contributed by atoms with Crippen molar-refractivity contribution in [1.29, 1.82) is 0 Å². The van der Waals surface area contributed by atoms with Gasteiger partial charge < -0.3 is 16.0 Å². The smallest absolute Gasteiger partial charge is 0.286 e. The molecule has 3 aromatic rings. The largest absolute Gasteiger partial charge is 0.369 e. The van der Waals surface area contributed by atoms with E-state index in [1.165, 1.54) is 18.6 Å². The first-order valence-corrected chi connectivity index (χ1v) is 10.9. The quantitative estimate of drug-likeness (QED) is 0.466. The molecule has 2 heterocycles. The number of hydrogen-bond acceptors (Lipinski definition) is 6. The number of anilines is 2. The van der Waals surface area contributed by atoms with Gasteiger partial charge in [-0.25, -0.2) is 9.97 Å². The predicted molar refractivity (Wildman–Crippen MR) is 122 cm³/mol. The molecule has 1 aromatic carbocycles. The Hall–Kier alpha value is -3.69. The Morgan fingerprint density at radius 2 is 1.76 bits per heavy atom. The Labute approximate surface area is 195 Å². The molecule has 4 rings (SSSR count). The highest BCUT2D eigenvalue weighted by molar-refractivity contribution is 5.76. The number of nitrogens with one attached hydrogen (secondary N) is 1. The SMILES string of the molecule is CC(F)(F)c1ccc(CN(c2ncnc(NCc3ccc(CC(N)=O)cc3)c2F)C2CC2)cn1. The second-order valence-corrected chi connectivity index (χ2v) is 8.47. The zero-order valence-electron chi connectivity index (χ0n) is 18.6. The number of aromatic nitrogens is 3. The number of benzene rings is 1. The Kier molecular flexibility index (Phi) is 6.67. The summed E-state index contributed by atoms with van der Waals surface area (Å²) >= 11 is 0. The number of nitrogens with zero attached hydrogens (tertiary/aromatic N) is 4. The summed E-state index contributed by atoms with van der Waals surface area (Å²) in [6.45, 7) is 1.41. The van der Waals surface area contributed by atoms with Crippen LogP contribution in [0.3, 0.4) is 0 Å². The molecule has 2 aromatic heterocycles. The Bertz CT molecular complexity index is 1140. The summed E-state index contributed by atoms with van der Waals surface area (Å²) in [6, 6.07) is 10.2. The summed E-state index contributed by atoms with van der Waals surface area (Å²) in [6.07, 6.45) is 4.63. The Morgan fingerprint density at radius 3 is 2.35 bits per heavy atom. The number of rotatable bonds is 10. The standard InChI is InChI=1S/C24H25F3N6O/c1-24(26,27)19-9-6-17(12-29-19)13-33(18-7-8-18)23-21(25)22(31-14-32-23)30-11-16-4-2-15(3-5-16)10-20(28)34/h2-6,9,12,14,18H,7-8,10-11,13H2,1H3,(H2,28,34)(H,30,31,32). The summed E-state index contributed by atoms with van der Waals surface area (Å²) in [7, 11) is 0. The molecule has 0 saturated heterocycles. The number of amides is 1. The Balaban J connectivity index is 1.47. The fourth-order valence-electron chi connectivity index (χ4n) is 3.58. The first-order valence-electron chi connectivity index (χ1n) is 10.9. The van der Waals surface area contributed by atoms with E-state index in [0.717, 1.165) is 30.9 Å². The van der Waals surface area contributed by atoms with Crippen LogP contribution in [-0.2, 0) is 30.2 Å². The highest BCUT2D eigenvalue weighted by Gasteiger charge is 2.33. The van der Waals surface area contributed by atoms with Crippen molar-refractivity contribution in [2.75, 3.05) is 10.2 Å². The van der Waals surface area contributed by atoms with Crippen LogP contribution in [0.2, 0.25) is 0 Å². The van der Waals surface area contributed by atoms with Crippen molar-refractivity contribution in [2.45, 2.75) is 51.2 Å². The second kappa shape index (κ2) is 9.66. The van der Waals surface area contributed by atoms with E-state index in [0.29, 0.717) is 18.7 Å². The molecule has 0 bridgehead atoms. The maximum Gasteiger partial charge on any atom is 0.286 e. The molecular weight excluding hydrogens is 445 g/mol. The van der Waals surface area contributed by atoms with Crippen LogP contribution in [0.4, 0.5) is 24.8 Å². The summed E-state index contributed by atoms with van der Waals surface area (Å²) in [4.78, 5) is 24.9. The van der Waals surface area contributed by atoms with Crippen molar-refractivity contribution < 1.29 is 18.0 Å². The van der Waals surface area contributed by atoms with Gasteiger partial charge in [0.1, 0.15) is 12.0 Å². The molecule has 34 heavy (non-hydrogen) atoms. The number of halogens is 3. The summed E-state index contributed by atoms with van der Waals surface area (Å²) in [5.74, 6) is -3.78. The molecule has 0 atom stereocenters. The number of alkyl halides is 2. The maximum absolute atomic E-state index is 15.3. The van der Waals surface area contributed by atoms with Gasteiger partial charge in [0.05, 0.1) is 6.42 Å². The van der Waals surface area contributed by atoms with Crippen LogP contribution < -0.4 is 16.0 Å². The number of primary amides is 1. The number of nitrogens with two attached hydrogens (primary N) is 1. The summed E-state index contributed by atoms with van der Waals surface area (Å²) < 4.78 is 42.2. The van der Waals surface area contributed by atoms with Gasteiger partial charge in [0.2, 0.25) is 11.7 Å². The fourth-order valence-corrected chi connectivity index (χ4v) is 3.58. The van der Waals surface area contributed by atoms with Crippen molar-refractivity contribution in [3.8, 4) is 0 Å². The topological polar surface area (TPSA) is 97.0 Å². The van der Waals surface area contributed by atoms with Crippen LogP contribution in [-0.4, -0.2) is 26.9 Å². The highest BCUT2D eigenvalue weighted by atomic mass is 19.3. The average molecular weight is 470 g/mol. The number of carbonyl (C=O) groups is 1. The minimum Gasteiger partial charge on any atom is -0.369 e. The van der Waals surface area contributed by atoms with Gasteiger partial charge in [0.25, 0.3) is 5.92 Å². The molecule has 1 aliphatic rings. The van der Waals surface area contributed by atoms with E-state index in [4.69, 9.17) is 5.73 Å². The lowest BCUT2D eigenvalue weighted by molar-refractivity contribution is -0.117. The predicted octanol–water partition coefficient (Wildman–Crippen LogP) is 3.93. The van der Waals surface area contributed by atoms with E-state index in [1.807, 2.05) is 17.0 Å². The molecule has 7 nitrogen and oxygen atoms in total. The number of carbonyl (C=O) groups excluding carboxylic acids is 1. The third kappa shape index (κ3) is 5.81. The molecular formula is C24H25F3N6O. The van der Waals surface area contributed by atoms with Crippen molar-refractivity contribution in [2.24, 2.45) is 5.73 Å². The van der Waals surface area contributed by atoms with Crippen LogP contribution in [0.1, 0.15) is 42.1 Å². The lowest BCUT2D eigenvalue weighted by atomic mass is 10.1. The molecule has 1 amide bonds. The molecule has 0 aliphatic heterocycles. The van der Waals surface area contributed by atoms with Crippen LogP contribution in [0.5, 0.6) is 0 Å². The third-order valence-electron chi connectivity index (χ3n) is 5.52. The van der Waals surface area contributed by atoms with E-state index in [9.17, 15) is 13.6 Å². The van der Waals surface area contributed by atoms with E-state index in [1.54, 1.807) is 18.2 Å². The second-order valence-electron chi connectivity index (χ2n) is 8.47. The van der Waals surface area contributed by atoms with Crippen LogP contribution >= 0.6 is 0 Å². The minimum atomic E-state index is -3.02. The summed E-state index contributed by atoms with van der Waals surface area (Å²) in [5, 5.41) is 2.99. The van der Waals surface area contributed by atoms with Crippen LogP contribution in [0.15, 0.2) is 48.9 Å². The van der Waals surface area contributed by atoms with E-state index >= 15 is 4.39 Å². The maximum atomic E-state index is 15.3. The first kappa shape index (κ1) is 23.5. The van der Waals surface area contributed by atoms with Crippen molar-refractivity contribution in [3.05, 3.63) is 77.1 Å². The molecule has 0 radical (unpaired) electrons. The number of hydrogen-bond donors (Lipinski definition) is 2. The molecule has 1 saturated carbocycles. The van der Waals surface area contributed by atoms with Crippen molar-refractivity contribution in [1.82, 2.24) is 15.0 Å². The average Bonchev–Trinajstić information content (AvgIpc) is 3.63. The van der Waals surface area contributed by atoms with E-state index in [-0.39, 0.29) is 29.8 Å². The van der Waals surface area contributed by atoms with Gasteiger partial charge in [0, 0.05) is 32.3 Å².